The summed E-state index contributed by atoms with van der Waals surface area (Å²) in [6.45, 7) is 2.24. The monoisotopic (exact) mass is 417 g/mol. The van der Waals surface area contributed by atoms with E-state index in [0.717, 1.165) is 18.8 Å². The molecule has 0 aliphatic heterocycles. The summed E-state index contributed by atoms with van der Waals surface area (Å²) in [6.07, 6.45) is 9.82. The molecular weight excluding hydrogens is 390 g/mol. The number of thioether (sulfide) groups is 1. The Morgan fingerprint density at radius 1 is 1.24 bits per heavy atom. The van der Waals surface area contributed by atoms with Crippen molar-refractivity contribution < 1.29 is 14.1 Å². The van der Waals surface area contributed by atoms with Gasteiger partial charge >= 0.3 is 0 Å². The molecule has 3 rings (SSSR count). The molecule has 0 amide bonds. The molecule has 0 bridgehead atoms. The Hall–Kier alpha value is -2.22. The molecule has 29 heavy (non-hydrogen) atoms. The van der Waals surface area contributed by atoms with E-state index in [2.05, 4.69) is 17.1 Å². The normalized spacial score (nSPS) is 19.2. The van der Waals surface area contributed by atoms with Crippen LogP contribution in [0.4, 0.5) is 5.69 Å². The van der Waals surface area contributed by atoms with E-state index in [9.17, 15) is 14.9 Å². The van der Waals surface area contributed by atoms with Crippen molar-refractivity contribution >= 4 is 23.2 Å². The molecule has 0 unspecified atom stereocenters. The Kier molecular flexibility index (Phi) is 7.80. The van der Waals surface area contributed by atoms with E-state index in [1.807, 2.05) is 0 Å². The second kappa shape index (κ2) is 10.5. The number of nitro groups is 1. The minimum absolute atomic E-state index is 0.0915. The molecule has 0 radical (unpaired) electrons. The molecule has 1 aliphatic rings. The van der Waals surface area contributed by atoms with Crippen LogP contribution >= 0.6 is 11.8 Å². The summed E-state index contributed by atoms with van der Waals surface area (Å²) < 4.78 is 5.79. The van der Waals surface area contributed by atoms with Crippen molar-refractivity contribution in [2.45, 2.75) is 69.4 Å². The summed E-state index contributed by atoms with van der Waals surface area (Å²) in [7, 11) is 0. The summed E-state index contributed by atoms with van der Waals surface area (Å²) in [5.74, 6) is 1.70. The second-order valence-electron chi connectivity index (χ2n) is 7.64. The van der Waals surface area contributed by atoms with Crippen molar-refractivity contribution in [3.05, 3.63) is 45.8 Å². The summed E-state index contributed by atoms with van der Waals surface area (Å²) in [6, 6.07) is 5.75. The first-order valence-electron chi connectivity index (χ1n) is 10.3. The second-order valence-corrected chi connectivity index (χ2v) is 8.57. The van der Waals surface area contributed by atoms with Crippen molar-refractivity contribution in [3.63, 3.8) is 0 Å². The van der Waals surface area contributed by atoms with Gasteiger partial charge in [0.2, 0.25) is 5.89 Å². The van der Waals surface area contributed by atoms with E-state index in [4.69, 9.17) is 4.42 Å². The molecule has 2 aromatic rings. The number of benzene rings is 1. The van der Waals surface area contributed by atoms with E-state index in [-0.39, 0.29) is 17.2 Å². The lowest BCUT2D eigenvalue weighted by atomic mass is 9.80. The van der Waals surface area contributed by atoms with Gasteiger partial charge in [-0.25, -0.2) is 0 Å². The topological polar surface area (TPSA) is 99.1 Å². The highest BCUT2D eigenvalue weighted by Gasteiger charge is 2.26. The minimum atomic E-state index is -0.507. The van der Waals surface area contributed by atoms with Gasteiger partial charge in [0.1, 0.15) is 0 Å². The van der Waals surface area contributed by atoms with E-state index in [0.29, 0.717) is 22.6 Å². The minimum Gasteiger partial charge on any atom is -0.416 e. The third kappa shape index (κ3) is 6.13. The number of Topliss-reactive ketones (excluding diaryl/α,β-unsaturated/α-hetero) is 1. The van der Waals surface area contributed by atoms with Gasteiger partial charge in [-0.05, 0) is 31.6 Å². The van der Waals surface area contributed by atoms with Crippen molar-refractivity contribution in [2.75, 3.05) is 5.75 Å². The first-order valence-corrected chi connectivity index (χ1v) is 11.3. The molecular formula is C21H27N3O4S. The first kappa shape index (κ1) is 21.5. The molecule has 0 saturated heterocycles. The van der Waals surface area contributed by atoms with Crippen LogP contribution in [0, 0.1) is 16.0 Å². The predicted octanol–water partition coefficient (Wildman–Crippen LogP) is 5.81. The van der Waals surface area contributed by atoms with Crippen LogP contribution in [0.2, 0.25) is 0 Å². The number of carbonyl (C=O) groups excluding carboxylic acids is 1. The molecule has 0 N–H and O–H groups in total. The lowest BCUT2D eigenvalue weighted by Gasteiger charge is -2.26. The first-order chi connectivity index (χ1) is 14.1. The average Bonchev–Trinajstić information content (AvgIpc) is 3.22. The van der Waals surface area contributed by atoms with Gasteiger partial charge in [0.15, 0.2) is 5.78 Å². The number of non-ortho nitro benzene ring substituents is 1. The highest BCUT2D eigenvalue weighted by molar-refractivity contribution is 7.99. The maximum atomic E-state index is 12.3. The Morgan fingerprint density at radius 2 is 2.03 bits per heavy atom. The van der Waals surface area contributed by atoms with Crippen LogP contribution in [0.15, 0.2) is 33.9 Å². The molecule has 1 fully saturated rings. The van der Waals surface area contributed by atoms with Gasteiger partial charge < -0.3 is 4.42 Å². The SMILES string of the molecule is CCCCCC1CCC(c2nnc(SCC(=O)c3cccc([N+](=O)[O-])c3)o2)CC1. The van der Waals surface area contributed by atoms with Crippen LogP contribution in [0.5, 0.6) is 0 Å². The van der Waals surface area contributed by atoms with E-state index in [1.165, 1.54) is 68.5 Å². The van der Waals surface area contributed by atoms with Crippen LogP contribution in [0.3, 0.4) is 0 Å². The van der Waals surface area contributed by atoms with Gasteiger partial charge in [-0.15, -0.1) is 10.2 Å². The van der Waals surface area contributed by atoms with Crippen LogP contribution in [0.25, 0.3) is 0 Å². The van der Waals surface area contributed by atoms with Crippen molar-refractivity contribution in [2.24, 2.45) is 5.92 Å². The zero-order valence-electron chi connectivity index (χ0n) is 16.7. The van der Waals surface area contributed by atoms with Crippen molar-refractivity contribution in [1.82, 2.24) is 10.2 Å². The van der Waals surface area contributed by atoms with Gasteiger partial charge in [-0.2, -0.15) is 0 Å². The summed E-state index contributed by atoms with van der Waals surface area (Å²) in [4.78, 5) is 22.7. The van der Waals surface area contributed by atoms with Crippen molar-refractivity contribution in [3.8, 4) is 0 Å². The number of rotatable bonds is 10. The standard InChI is InChI=1S/C21H27N3O4S/c1-2-3-4-6-15-9-11-16(12-10-15)20-22-23-21(28-20)29-14-19(25)17-7-5-8-18(13-17)24(26)27/h5,7-8,13,15-16H,2-4,6,9-12,14H2,1H3. The zero-order chi connectivity index (χ0) is 20.6. The summed E-state index contributed by atoms with van der Waals surface area (Å²) in [5, 5.41) is 19.5. The lowest BCUT2D eigenvalue weighted by Crippen LogP contribution is -2.13. The summed E-state index contributed by atoms with van der Waals surface area (Å²) >= 11 is 1.18. The fourth-order valence-corrected chi connectivity index (χ4v) is 4.49. The number of aromatic nitrogens is 2. The lowest BCUT2D eigenvalue weighted by molar-refractivity contribution is -0.384. The van der Waals surface area contributed by atoms with Crippen LogP contribution < -0.4 is 0 Å². The number of ketones is 1. The maximum Gasteiger partial charge on any atom is 0.277 e. The van der Waals surface area contributed by atoms with Gasteiger partial charge in [-0.1, -0.05) is 56.5 Å². The van der Waals surface area contributed by atoms with Gasteiger partial charge in [0.05, 0.1) is 10.7 Å². The third-order valence-corrected chi connectivity index (χ3v) is 6.36. The van der Waals surface area contributed by atoms with Crippen LogP contribution in [0.1, 0.15) is 80.5 Å². The van der Waals surface area contributed by atoms with E-state index < -0.39 is 4.92 Å². The van der Waals surface area contributed by atoms with E-state index >= 15 is 0 Å². The Bertz CT molecular complexity index is 831. The number of carbonyl (C=O) groups is 1. The van der Waals surface area contributed by atoms with E-state index in [1.54, 1.807) is 6.07 Å². The fraction of sp³-hybridized carbons (Fsp3) is 0.571. The smallest absolute Gasteiger partial charge is 0.277 e. The molecule has 1 saturated carbocycles. The fourth-order valence-electron chi connectivity index (χ4n) is 3.83. The average molecular weight is 418 g/mol. The quantitative estimate of drug-likeness (QED) is 0.158. The highest BCUT2D eigenvalue weighted by Crippen LogP contribution is 2.37. The zero-order valence-corrected chi connectivity index (χ0v) is 17.5. The predicted molar refractivity (Wildman–Crippen MR) is 111 cm³/mol. The largest absolute Gasteiger partial charge is 0.416 e. The Morgan fingerprint density at radius 3 is 2.76 bits per heavy atom. The molecule has 8 heteroatoms. The molecule has 7 nitrogen and oxygen atoms in total. The Labute approximate surface area is 174 Å². The van der Waals surface area contributed by atoms with Gasteiger partial charge in [0, 0.05) is 23.6 Å². The molecule has 1 heterocycles. The summed E-state index contributed by atoms with van der Waals surface area (Å²) in [5.41, 5.74) is 0.221. The van der Waals surface area contributed by atoms with Gasteiger partial charge in [-0.3, -0.25) is 14.9 Å². The number of nitro benzene ring substituents is 1. The molecule has 1 aromatic heterocycles. The number of nitrogens with zero attached hydrogens (tertiary/aromatic N) is 3. The van der Waals surface area contributed by atoms with Crippen LogP contribution in [-0.2, 0) is 0 Å². The molecule has 156 valence electrons. The highest BCUT2D eigenvalue weighted by atomic mass is 32.2. The molecule has 0 spiro atoms. The molecule has 1 aromatic carbocycles. The number of hydrogen-bond donors (Lipinski definition) is 0. The molecule has 0 atom stereocenters. The molecule has 1 aliphatic carbocycles. The maximum absolute atomic E-state index is 12.3. The number of hydrogen-bond acceptors (Lipinski definition) is 7. The van der Waals surface area contributed by atoms with Crippen molar-refractivity contribution in [1.29, 1.82) is 0 Å². The Balaban J connectivity index is 1.48. The van der Waals surface area contributed by atoms with Crippen LogP contribution in [-0.4, -0.2) is 26.7 Å². The third-order valence-electron chi connectivity index (χ3n) is 5.54. The van der Waals surface area contributed by atoms with Gasteiger partial charge in [0.25, 0.3) is 10.9 Å². The number of unbranched alkanes of at least 4 members (excludes halogenated alkanes) is 2.